The van der Waals surface area contributed by atoms with Crippen LogP contribution in [0.1, 0.15) is 69.5 Å². The summed E-state index contributed by atoms with van der Waals surface area (Å²) in [5.41, 5.74) is 4.36. The molecule has 4 heterocycles. The normalized spacial score (nSPS) is 20.8. The molecule has 0 radical (unpaired) electrons. The van der Waals surface area contributed by atoms with E-state index in [9.17, 15) is 0 Å². The number of anilines is 2. The minimum Gasteiger partial charge on any atom is -0.400 e. The van der Waals surface area contributed by atoms with Gasteiger partial charge in [-0.1, -0.05) is 93.0 Å². The van der Waals surface area contributed by atoms with Crippen LogP contribution in [-0.4, -0.2) is 71.4 Å². The fraction of sp³-hybridized carbons (Fsp3) is 0.425. The van der Waals surface area contributed by atoms with Crippen LogP contribution in [0, 0.1) is 6.92 Å². The number of aromatic nitrogens is 4. The first kappa shape index (κ1) is 33.5. The molecule has 1 aliphatic carbocycles. The standard InChI is InChI=1S/C40H47ClN6O2Si/c1-27-21-29-23-42-39(45-35-24-43-47(38(35)41)30-15-16-30)44-34(29)22-33(27)28-17-19-46(20-18-28)36-25-48-26-37(36)49-50(40(2,3)4,31-11-7-5-8-12-31)32-13-9-6-10-14-32/h5-14,21-24,28,30,36-37H,15-20,25-26H2,1-4H3,(H,42,44,45). The van der Waals surface area contributed by atoms with E-state index < -0.39 is 8.32 Å². The van der Waals surface area contributed by atoms with Crippen LogP contribution in [0.3, 0.4) is 0 Å². The van der Waals surface area contributed by atoms with E-state index >= 15 is 0 Å². The summed E-state index contributed by atoms with van der Waals surface area (Å²) < 4.78 is 15.7. The minimum atomic E-state index is -2.69. The highest BCUT2D eigenvalue weighted by molar-refractivity contribution is 6.99. The Bertz CT molecular complexity index is 1910. The van der Waals surface area contributed by atoms with Gasteiger partial charge in [-0.15, -0.1) is 0 Å². The third-order valence-electron chi connectivity index (χ3n) is 11.0. The van der Waals surface area contributed by atoms with Crippen molar-refractivity contribution in [1.29, 1.82) is 0 Å². The highest BCUT2D eigenvalue weighted by Crippen LogP contribution is 2.41. The molecule has 0 amide bonds. The lowest BCUT2D eigenvalue weighted by Crippen LogP contribution is -2.69. The smallest absolute Gasteiger partial charge is 0.261 e. The van der Waals surface area contributed by atoms with E-state index in [1.807, 2.05) is 10.9 Å². The maximum atomic E-state index is 7.60. The Labute approximate surface area is 301 Å². The third-order valence-corrected chi connectivity index (χ3v) is 16.5. The molecule has 2 aliphatic heterocycles. The summed E-state index contributed by atoms with van der Waals surface area (Å²) in [5.74, 6) is 0.999. The van der Waals surface area contributed by atoms with Gasteiger partial charge in [0.2, 0.25) is 5.95 Å². The Morgan fingerprint density at radius 3 is 2.22 bits per heavy atom. The molecule has 260 valence electrons. The van der Waals surface area contributed by atoms with Gasteiger partial charge in [-0.2, -0.15) is 5.10 Å². The molecule has 3 aromatic carbocycles. The Hall–Kier alpha value is -3.60. The molecule has 8 rings (SSSR count). The fourth-order valence-corrected chi connectivity index (χ4v) is 13.2. The first-order valence-electron chi connectivity index (χ1n) is 18.1. The number of hydrogen-bond donors (Lipinski definition) is 1. The van der Waals surface area contributed by atoms with Crippen LogP contribution in [0.4, 0.5) is 11.6 Å². The van der Waals surface area contributed by atoms with Crippen LogP contribution in [-0.2, 0) is 9.16 Å². The van der Waals surface area contributed by atoms with Crippen LogP contribution in [0.5, 0.6) is 0 Å². The van der Waals surface area contributed by atoms with E-state index in [1.54, 1.807) is 6.20 Å². The molecule has 0 spiro atoms. The zero-order valence-corrected chi connectivity index (χ0v) is 31.2. The lowest BCUT2D eigenvalue weighted by molar-refractivity contribution is 0.0747. The first-order chi connectivity index (χ1) is 24.2. The zero-order chi connectivity index (χ0) is 34.5. The summed E-state index contributed by atoms with van der Waals surface area (Å²) in [6.07, 6.45) is 8.09. The van der Waals surface area contributed by atoms with Crippen LogP contribution in [0.2, 0.25) is 10.2 Å². The highest BCUT2D eigenvalue weighted by atomic mass is 35.5. The highest BCUT2D eigenvalue weighted by Gasteiger charge is 2.53. The van der Waals surface area contributed by atoms with Crippen molar-refractivity contribution in [2.24, 2.45) is 0 Å². The minimum absolute atomic E-state index is 0.00719. The molecule has 3 aliphatic rings. The van der Waals surface area contributed by atoms with Crippen molar-refractivity contribution in [2.45, 2.75) is 82.5 Å². The summed E-state index contributed by atoms with van der Waals surface area (Å²) in [4.78, 5) is 12.1. The van der Waals surface area contributed by atoms with Gasteiger partial charge < -0.3 is 14.5 Å². The Balaban J connectivity index is 0.997. The maximum absolute atomic E-state index is 7.60. The van der Waals surface area contributed by atoms with Crippen molar-refractivity contribution in [3.05, 3.63) is 101 Å². The van der Waals surface area contributed by atoms with Crippen LogP contribution >= 0.6 is 11.6 Å². The molecule has 2 atom stereocenters. The Morgan fingerprint density at radius 1 is 0.900 bits per heavy atom. The van der Waals surface area contributed by atoms with Gasteiger partial charge in [0.25, 0.3) is 8.32 Å². The van der Waals surface area contributed by atoms with E-state index in [2.05, 4.69) is 121 Å². The molecule has 1 N–H and O–H groups in total. The molecule has 1 saturated carbocycles. The number of nitrogens with zero attached hydrogens (tertiary/aromatic N) is 5. The lowest BCUT2D eigenvalue weighted by atomic mass is 9.85. The van der Waals surface area contributed by atoms with Crippen LogP contribution in [0.15, 0.2) is 85.2 Å². The molecule has 2 unspecified atom stereocenters. The summed E-state index contributed by atoms with van der Waals surface area (Å²) >= 11 is 6.61. The predicted molar refractivity (Wildman–Crippen MR) is 204 cm³/mol. The van der Waals surface area contributed by atoms with Gasteiger partial charge in [-0.25, -0.2) is 14.6 Å². The second-order valence-corrected chi connectivity index (χ2v) is 20.0. The molecule has 5 aromatic rings. The van der Waals surface area contributed by atoms with E-state index in [1.165, 1.54) is 21.5 Å². The van der Waals surface area contributed by atoms with Crippen LogP contribution < -0.4 is 15.7 Å². The lowest BCUT2D eigenvalue weighted by Gasteiger charge is -2.46. The number of benzene rings is 3. The average Bonchev–Trinajstić information content (AvgIpc) is 3.75. The molecule has 10 heteroatoms. The van der Waals surface area contributed by atoms with Crippen molar-refractivity contribution in [3.8, 4) is 0 Å². The average molecular weight is 707 g/mol. The molecule has 3 fully saturated rings. The van der Waals surface area contributed by atoms with Gasteiger partial charge in [0.15, 0.2) is 5.15 Å². The number of rotatable bonds is 9. The molecule has 2 aromatic heterocycles. The van der Waals surface area contributed by atoms with E-state index in [-0.39, 0.29) is 17.2 Å². The van der Waals surface area contributed by atoms with Gasteiger partial charge >= 0.3 is 0 Å². The van der Waals surface area contributed by atoms with Crippen molar-refractivity contribution >= 4 is 52.8 Å². The first-order valence-corrected chi connectivity index (χ1v) is 20.4. The maximum Gasteiger partial charge on any atom is 0.261 e. The van der Waals surface area contributed by atoms with Crippen molar-refractivity contribution in [2.75, 3.05) is 31.6 Å². The molecule has 8 nitrogen and oxygen atoms in total. The number of likely N-dealkylation sites (tertiary alicyclic amines) is 1. The number of ether oxygens (including phenoxy) is 1. The molecular weight excluding hydrogens is 660 g/mol. The van der Waals surface area contributed by atoms with Crippen LogP contribution in [0.25, 0.3) is 10.9 Å². The summed E-state index contributed by atoms with van der Waals surface area (Å²) in [6.45, 7) is 12.6. The third kappa shape index (κ3) is 6.28. The topological polar surface area (TPSA) is 77.3 Å². The van der Waals surface area contributed by atoms with E-state index in [0.29, 0.717) is 36.3 Å². The number of piperidine rings is 1. The largest absolute Gasteiger partial charge is 0.400 e. The van der Waals surface area contributed by atoms with Gasteiger partial charge in [-0.3, -0.25) is 4.90 Å². The molecule has 2 saturated heterocycles. The number of fused-ring (bicyclic) bond motifs is 1. The number of aryl methyl sites for hydroxylation is 1. The summed E-state index contributed by atoms with van der Waals surface area (Å²) in [6, 6.07) is 27.1. The summed E-state index contributed by atoms with van der Waals surface area (Å²) in [5, 5.41) is 12.0. The molecule has 0 bridgehead atoms. The predicted octanol–water partition coefficient (Wildman–Crippen LogP) is 7.39. The second kappa shape index (κ2) is 13.5. The van der Waals surface area contributed by atoms with Crippen molar-refractivity contribution in [3.63, 3.8) is 0 Å². The zero-order valence-electron chi connectivity index (χ0n) is 29.5. The van der Waals surface area contributed by atoms with Gasteiger partial charge in [0.1, 0.15) is 0 Å². The Kier molecular flexibility index (Phi) is 9.06. The Morgan fingerprint density at radius 2 is 1.58 bits per heavy atom. The number of halogens is 1. The number of nitrogens with one attached hydrogen (secondary N) is 1. The van der Waals surface area contributed by atoms with E-state index in [0.717, 1.165) is 55.4 Å². The number of hydrogen-bond acceptors (Lipinski definition) is 7. The molecular formula is C40H47ClN6O2Si. The summed E-state index contributed by atoms with van der Waals surface area (Å²) in [7, 11) is -2.69. The SMILES string of the molecule is Cc1cc2cnc(Nc3cnn(C4CC4)c3Cl)nc2cc1C1CCN(C2COCC2O[Si](c2ccccc2)(c2ccccc2)C(C)(C)C)CC1. The van der Waals surface area contributed by atoms with E-state index in [4.69, 9.17) is 25.7 Å². The molecule has 50 heavy (non-hydrogen) atoms. The monoisotopic (exact) mass is 706 g/mol. The fourth-order valence-electron chi connectivity index (χ4n) is 8.27. The van der Waals surface area contributed by atoms with Gasteiger partial charge in [0.05, 0.1) is 48.8 Å². The second-order valence-electron chi connectivity index (χ2n) is 15.3. The van der Waals surface area contributed by atoms with Crippen molar-refractivity contribution < 1.29 is 9.16 Å². The van der Waals surface area contributed by atoms with Crippen molar-refractivity contribution in [1.82, 2.24) is 24.6 Å². The van der Waals surface area contributed by atoms with Gasteiger partial charge in [0, 0.05) is 11.6 Å². The van der Waals surface area contributed by atoms with Gasteiger partial charge in [-0.05, 0) is 90.3 Å². The quantitative estimate of drug-likeness (QED) is 0.160.